The number of hydrogen-bond acceptors (Lipinski definition) is 4. The van der Waals surface area contributed by atoms with Crippen LogP contribution in [0.15, 0.2) is 58.9 Å². The number of benzene rings is 1. The quantitative estimate of drug-likeness (QED) is 0.699. The van der Waals surface area contributed by atoms with E-state index in [9.17, 15) is 5.11 Å². The molecule has 0 atom stereocenters. The van der Waals surface area contributed by atoms with Crippen LogP contribution >= 0.6 is 0 Å². The van der Waals surface area contributed by atoms with E-state index in [1.54, 1.807) is 12.3 Å². The van der Waals surface area contributed by atoms with Crippen LogP contribution in [0.25, 0.3) is 10.9 Å². The van der Waals surface area contributed by atoms with Crippen LogP contribution in [0.1, 0.15) is 5.56 Å². The molecular formula is C14H12N4O. The van der Waals surface area contributed by atoms with Gasteiger partial charge in [0.15, 0.2) is 5.82 Å². The largest absolute Gasteiger partial charge is 0.493 e. The standard InChI is InChI=1S/C14H12N4O/c19-14-12-11(7-4-8-15-12)13(17-14)18-16-9-10-5-2-1-3-6-10/h1-8,17,19H,9H2. The highest BCUT2D eigenvalue weighted by atomic mass is 16.3. The second-order valence-corrected chi connectivity index (χ2v) is 4.11. The van der Waals surface area contributed by atoms with Gasteiger partial charge < -0.3 is 10.1 Å². The Bertz CT molecular complexity index is 719. The van der Waals surface area contributed by atoms with Crippen molar-refractivity contribution in [1.29, 1.82) is 0 Å². The SMILES string of the molecule is Oc1[nH]c(N=NCc2ccccc2)c2cccnc12. The molecule has 2 N–H and O–H groups in total. The molecule has 94 valence electrons. The third-order valence-corrected chi connectivity index (χ3v) is 2.79. The molecular weight excluding hydrogens is 240 g/mol. The summed E-state index contributed by atoms with van der Waals surface area (Å²) >= 11 is 0. The van der Waals surface area contributed by atoms with E-state index in [1.807, 2.05) is 36.4 Å². The third-order valence-electron chi connectivity index (χ3n) is 2.79. The summed E-state index contributed by atoms with van der Waals surface area (Å²) in [4.78, 5) is 6.86. The van der Waals surface area contributed by atoms with E-state index in [0.29, 0.717) is 17.9 Å². The summed E-state index contributed by atoms with van der Waals surface area (Å²) in [5.41, 5.74) is 1.60. The van der Waals surface area contributed by atoms with Crippen molar-refractivity contribution in [3.63, 3.8) is 0 Å². The van der Waals surface area contributed by atoms with Crippen LogP contribution < -0.4 is 0 Å². The number of aromatic hydroxyl groups is 1. The van der Waals surface area contributed by atoms with Gasteiger partial charge in [-0.2, -0.15) is 5.11 Å². The maximum absolute atomic E-state index is 9.69. The molecule has 0 amide bonds. The second kappa shape index (κ2) is 4.89. The lowest BCUT2D eigenvalue weighted by Gasteiger charge is -1.93. The number of azo groups is 1. The Hall–Kier alpha value is -2.69. The van der Waals surface area contributed by atoms with Crippen LogP contribution in [0.2, 0.25) is 0 Å². The summed E-state index contributed by atoms with van der Waals surface area (Å²) in [6.45, 7) is 0.502. The molecule has 0 saturated carbocycles. The van der Waals surface area contributed by atoms with Gasteiger partial charge >= 0.3 is 0 Å². The molecule has 0 bridgehead atoms. The first-order valence-electron chi connectivity index (χ1n) is 5.91. The first-order valence-corrected chi connectivity index (χ1v) is 5.91. The minimum absolute atomic E-state index is 0.0178. The van der Waals surface area contributed by atoms with Gasteiger partial charge in [-0.1, -0.05) is 30.3 Å². The van der Waals surface area contributed by atoms with Crippen molar-refractivity contribution in [2.24, 2.45) is 10.2 Å². The molecule has 0 saturated heterocycles. The number of nitrogens with zero attached hydrogens (tertiary/aromatic N) is 3. The second-order valence-electron chi connectivity index (χ2n) is 4.11. The fourth-order valence-electron chi connectivity index (χ4n) is 1.87. The highest BCUT2D eigenvalue weighted by Crippen LogP contribution is 2.31. The zero-order valence-corrected chi connectivity index (χ0v) is 10.1. The lowest BCUT2D eigenvalue weighted by Crippen LogP contribution is -1.77. The van der Waals surface area contributed by atoms with Crippen molar-refractivity contribution in [2.45, 2.75) is 6.54 Å². The molecule has 0 spiro atoms. The lowest BCUT2D eigenvalue weighted by atomic mass is 10.2. The van der Waals surface area contributed by atoms with Crippen molar-refractivity contribution in [1.82, 2.24) is 9.97 Å². The summed E-state index contributed by atoms with van der Waals surface area (Å²) in [5, 5.41) is 18.7. The minimum atomic E-state index is 0.0178. The molecule has 2 heterocycles. The first kappa shape index (κ1) is 11.4. The lowest BCUT2D eigenvalue weighted by molar-refractivity contribution is 0.461. The van der Waals surface area contributed by atoms with E-state index < -0.39 is 0 Å². The van der Waals surface area contributed by atoms with Gasteiger partial charge in [-0.25, -0.2) is 0 Å². The third kappa shape index (κ3) is 2.30. The summed E-state index contributed by atoms with van der Waals surface area (Å²) in [7, 11) is 0. The van der Waals surface area contributed by atoms with Crippen LogP contribution in [0.4, 0.5) is 5.82 Å². The minimum Gasteiger partial charge on any atom is -0.493 e. The van der Waals surface area contributed by atoms with Crippen molar-refractivity contribution in [2.75, 3.05) is 0 Å². The highest BCUT2D eigenvalue weighted by molar-refractivity contribution is 5.92. The molecule has 0 fully saturated rings. The first-order chi connectivity index (χ1) is 9.34. The molecule has 0 unspecified atom stereocenters. The van der Waals surface area contributed by atoms with Crippen molar-refractivity contribution < 1.29 is 5.11 Å². The Morgan fingerprint density at radius 1 is 1.11 bits per heavy atom. The molecule has 0 aliphatic heterocycles. The van der Waals surface area contributed by atoms with Gasteiger partial charge in [0, 0.05) is 6.20 Å². The van der Waals surface area contributed by atoms with Crippen molar-refractivity contribution in [3.8, 4) is 5.88 Å². The van der Waals surface area contributed by atoms with Crippen LogP contribution in [0.3, 0.4) is 0 Å². The van der Waals surface area contributed by atoms with Crippen molar-refractivity contribution in [3.05, 3.63) is 54.2 Å². The number of rotatable bonds is 3. The summed E-state index contributed by atoms with van der Waals surface area (Å²) in [6.07, 6.45) is 1.63. The number of aromatic amines is 1. The highest BCUT2D eigenvalue weighted by Gasteiger charge is 2.08. The van der Waals surface area contributed by atoms with E-state index in [1.165, 1.54) is 0 Å². The molecule has 19 heavy (non-hydrogen) atoms. The van der Waals surface area contributed by atoms with Gasteiger partial charge in [-0.05, 0) is 17.7 Å². The Balaban J connectivity index is 1.86. The molecule has 0 aliphatic rings. The fraction of sp³-hybridized carbons (Fsp3) is 0.0714. The molecule has 5 nitrogen and oxygen atoms in total. The van der Waals surface area contributed by atoms with E-state index in [-0.39, 0.29) is 5.88 Å². The fourth-order valence-corrected chi connectivity index (χ4v) is 1.87. The molecule has 5 heteroatoms. The predicted molar refractivity (Wildman–Crippen MR) is 72.4 cm³/mol. The van der Waals surface area contributed by atoms with Crippen LogP contribution in [0.5, 0.6) is 5.88 Å². The smallest absolute Gasteiger partial charge is 0.217 e. The average molecular weight is 252 g/mol. The van der Waals surface area contributed by atoms with Gasteiger partial charge in [-0.3, -0.25) is 4.98 Å². The van der Waals surface area contributed by atoms with Crippen LogP contribution in [-0.2, 0) is 6.54 Å². The number of H-pyrrole nitrogens is 1. The van der Waals surface area contributed by atoms with E-state index in [0.717, 1.165) is 10.9 Å². The van der Waals surface area contributed by atoms with Gasteiger partial charge in [-0.15, -0.1) is 5.11 Å². The maximum atomic E-state index is 9.69. The van der Waals surface area contributed by atoms with Gasteiger partial charge in [0.2, 0.25) is 5.88 Å². The van der Waals surface area contributed by atoms with Crippen LogP contribution in [0, 0.1) is 0 Å². The Labute approximate surface area is 109 Å². The predicted octanol–water partition coefficient (Wildman–Crippen LogP) is 3.55. The number of fused-ring (bicyclic) bond motifs is 1. The molecule has 3 aromatic rings. The van der Waals surface area contributed by atoms with E-state index in [4.69, 9.17) is 0 Å². The van der Waals surface area contributed by atoms with Gasteiger partial charge in [0.1, 0.15) is 5.52 Å². The van der Waals surface area contributed by atoms with Gasteiger partial charge in [0.05, 0.1) is 11.9 Å². The number of pyridine rings is 1. The summed E-state index contributed by atoms with van der Waals surface area (Å²) in [5.74, 6) is 0.542. The Morgan fingerprint density at radius 3 is 2.79 bits per heavy atom. The Morgan fingerprint density at radius 2 is 1.95 bits per heavy atom. The molecule has 1 aromatic carbocycles. The average Bonchev–Trinajstić information content (AvgIpc) is 2.78. The van der Waals surface area contributed by atoms with Crippen molar-refractivity contribution >= 4 is 16.7 Å². The Kier molecular flexibility index (Phi) is 2.94. The van der Waals surface area contributed by atoms with E-state index >= 15 is 0 Å². The summed E-state index contributed by atoms with van der Waals surface area (Å²) in [6, 6.07) is 13.5. The number of aromatic nitrogens is 2. The molecule has 0 aliphatic carbocycles. The normalized spacial score (nSPS) is 11.4. The zero-order chi connectivity index (χ0) is 13.1. The van der Waals surface area contributed by atoms with Crippen LogP contribution in [-0.4, -0.2) is 15.1 Å². The number of hydrogen-bond donors (Lipinski definition) is 2. The molecule has 2 aromatic heterocycles. The monoisotopic (exact) mass is 252 g/mol. The topological polar surface area (TPSA) is 73.6 Å². The number of nitrogens with one attached hydrogen (secondary N) is 1. The van der Waals surface area contributed by atoms with Gasteiger partial charge in [0.25, 0.3) is 0 Å². The molecule has 0 radical (unpaired) electrons. The zero-order valence-electron chi connectivity index (χ0n) is 10.1. The summed E-state index contributed by atoms with van der Waals surface area (Å²) < 4.78 is 0. The maximum Gasteiger partial charge on any atom is 0.217 e. The van der Waals surface area contributed by atoms with E-state index in [2.05, 4.69) is 20.2 Å². The molecule has 3 rings (SSSR count).